The molecule has 0 aromatic rings. The van der Waals surface area contributed by atoms with Gasteiger partial charge < -0.3 is 25.2 Å². The lowest BCUT2D eigenvalue weighted by Gasteiger charge is -2.38. The zero-order chi connectivity index (χ0) is 9.30. The quantitative estimate of drug-likeness (QED) is 0.367. The molecule has 4 N–H and O–H groups in total. The Morgan fingerprint density at radius 3 is 2.17 bits per heavy atom. The molecule has 1 rings (SSSR count). The maximum Gasteiger partial charge on any atom is 0.111 e. The first-order chi connectivity index (χ1) is 5.57. The number of rotatable bonds is 1. The highest BCUT2D eigenvalue weighted by Gasteiger charge is 2.41. The molecule has 0 radical (unpaired) electrons. The van der Waals surface area contributed by atoms with E-state index in [2.05, 4.69) is 0 Å². The lowest BCUT2D eigenvalue weighted by atomic mass is 9.96. The maximum absolute atomic E-state index is 9.23. The summed E-state index contributed by atoms with van der Waals surface area (Å²) in [5, 5.41) is 36.4. The summed E-state index contributed by atoms with van der Waals surface area (Å²) in [6, 6.07) is 0. The molecule has 12 heavy (non-hydrogen) atoms. The summed E-state index contributed by atoms with van der Waals surface area (Å²) in [6.45, 7) is 1.21. The van der Waals surface area contributed by atoms with Crippen molar-refractivity contribution in [3.63, 3.8) is 0 Å². The van der Waals surface area contributed by atoms with Gasteiger partial charge in [-0.25, -0.2) is 0 Å². The van der Waals surface area contributed by atoms with Gasteiger partial charge in [0.15, 0.2) is 0 Å². The molecule has 0 spiro atoms. The zero-order valence-electron chi connectivity index (χ0n) is 6.79. The van der Waals surface area contributed by atoms with Gasteiger partial charge in [0.2, 0.25) is 0 Å². The van der Waals surface area contributed by atoms with Crippen molar-refractivity contribution in [1.82, 2.24) is 0 Å². The van der Waals surface area contributed by atoms with Crippen LogP contribution in [-0.2, 0) is 4.74 Å². The Labute approximate surface area is 70.2 Å². The molecule has 1 fully saturated rings. The van der Waals surface area contributed by atoms with Crippen LogP contribution in [0.4, 0.5) is 0 Å². The second-order valence-corrected chi connectivity index (χ2v) is 3.03. The van der Waals surface area contributed by atoms with E-state index in [9.17, 15) is 15.3 Å². The van der Waals surface area contributed by atoms with Gasteiger partial charge in [-0.05, 0) is 6.92 Å². The van der Waals surface area contributed by atoms with E-state index in [1.165, 1.54) is 0 Å². The van der Waals surface area contributed by atoms with Gasteiger partial charge in [-0.2, -0.15) is 0 Å². The molecule has 0 aliphatic carbocycles. The zero-order valence-corrected chi connectivity index (χ0v) is 6.79. The van der Waals surface area contributed by atoms with Crippen LogP contribution in [0.25, 0.3) is 0 Å². The molecule has 0 saturated carbocycles. The van der Waals surface area contributed by atoms with Gasteiger partial charge in [-0.15, -0.1) is 0 Å². The molecule has 5 heteroatoms. The normalized spacial score (nSPS) is 49.2. The highest BCUT2D eigenvalue weighted by atomic mass is 16.5. The minimum Gasteiger partial charge on any atom is -0.394 e. The van der Waals surface area contributed by atoms with Crippen molar-refractivity contribution in [1.29, 1.82) is 0 Å². The summed E-state index contributed by atoms with van der Waals surface area (Å²) in [5.41, 5.74) is 0. The topological polar surface area (TPSA) is 90.2 Å². The molecule has 5 atom stereocenters. The minimum atomic E-state index is -1.24. The number of aliphatic hydroxyl groups is 4. The standard InChI is InChI=1S/C7H14O5/c1-3-5(9)7(11)6(10)4(2-8)12-3/h3-11H,2H2,1H3/t3-,4?,5?,6-,7-/m0/s1. The van der Waals surface area contributed by atoms with E-state index < -0.39 is 30.5 Å². The highest BCUT2D eigenvalue weighted by Crippen LogP contribution is 2.20. The second kappa shape index (κ2) is 3.68. The summed E-state index contributed by atoms with van der Waals surface area (Å²) in [7, 11) is 0. The molecular formula is C7H14O5. The number of aliphatic hydroxyl groups excluding tert-OH is 4. The first kappa shape index (κ1) is 9.88. The summed E-state index contributed by atoms with van der Waals surface area (Å²) < 4.78 is 5.02. The van der Waals surface area contributed by atoms with Gasteiger partial charge in [-0.1, -0.05) is 0 Å². The first-order valence-electron chi connectivity index (χ1n) is 3.88. The van der Waals surface area contributed by atoms with Crippen molar-refractivity contribution in [3.05, 3.63) is 0 Å². The summed E-state index contributed by atoms with van der Waals surface area (Å²) in [5.74, 6) is 0. The SMILES string of the molecule is C[C@@H]1OC(CO)[C@H](O)[C@@H](O)C1O. The molecule has 0 aromatic heterocycles. The van der Waals surface area contributed by atoms with Crippen molar-refractivity contribution >= 4 is 0 Å². The average Bonchev–Trinajstić information content (AvgIpc) is 2.08. The molecule has 72 valence electrons. The smallest absolute Gasteiger partial charge is 0.111 e. The van der Waals surface area contributed by atoms with E-state index in [4.69, 9.17) is 9.84 Å². The van der Waals surface area contributed by atoms with Gasteiger partial charge in [0.25, 0.3) is 0 Å². The molecular weight excluding hydrogens is 164 g/mol. The fourth-order valence-electron chi connectivity index (χ4n) is 1.29. The molecule has 1 saturated heterocycles. The third-order valence-electron chi connectivity index (χ3n) is 2.13. The molecule has 1 aliphatic rings. The lowest BCUT2D eigenvalue weighted by Crippen LogP contribution is -2.57. The summed E-state index contributed by atoms with van der Waals surface area (Å²) in [6.07, 6.45) is -4.94. The van der Waals surface area contributed by atoms with Crippen LogP contribution in [0.1, 0.15) is 6.92 Å². The van der Waals surface area contributed by atoms with Crippen molar-refractivity contribution in [2.75, 3.05) is 6.61 Å². The maximum atomic E-state index is 9.23. The van der Waals surface area contributed by atoms with E-state index in [1.807, 2.05) is 0 Å². The monoisotopic (exact) mass is 178 g/mol. The predicted octanol–water partition coefficient (Wildman–Crippen LogP) is -2.15. The molecule has 1 aliphatic heterocycles. The van der Waals surface area contributed by atoms with E-state index >= 15 is 0 Å². The van der Waals surface area contributed by atoms with E-state index in [0.29, 0.717) is 0 Å². The molecule has 1 heterocycles. The Morgan fingerprint density at radius 2 is 1.67 bits per heavy atom. The Hall–Kier alpha value is -0.200. The summed E-state index contributed by atoms with van der Waals surface area (Å²) >= 11 is 0. The minimum absolute atomic E-state index is 0.366. The van der Waals surface area contributed by atoms with Gasteiger partial charge in [-0.3, -0.25) is 0 Å². The predicted molar refractivity (Wildman–Crippen MR) is 39.4 cm³/mol. The van der Waals surface area contributed by atoms with Crippen LogP contribution >= 0.6 is 0 Å². The number of ether oxygens (including phenoxy) is 1. The number of hydrogen-bond donors (Lipinski definition) is 4. The van der Waals surface area contributed by atoms with Crippen LogP contribution in [-0.4, -0.2) is 57.6 Å². The number of hydrogen-bond acceptors (Lipinski definition) is 5. The largest absolute Gasteiger partial charge is 0.394 e. The van der Waals surface area contributed by atoms with Gasteiger partial charge in [0.05, 0.1) is 12.7 Å². The van der Waals surface area contributed by atoms with Gasteiger partial charge in [0.1, 0.15) is 24.4 Å². The molecule has 0 bridgehead atoms. The van der Waals surface area contributed by atoms with Crippen molar-refractivity contribution in [3.8, 4) is 0 Å². The van der Waals surface area contributed by atoms with Crippen LogP contribution < -0.4 is 0 Å². The second-order valence-electron chi connectivity index (χ2n) is 3.03. The molecule has 5 nitrogen and oxygen atoms in total. The van der Waals surface area contributed by atoms with Crippen LogP contribution in [0.5, 0.6) is 0 Å². The third-order valence-corrected chi connectivity index (χ3v) is 2.13. The van der Waals surface area contributed by atoms with E-state index in [1.54, 1.807) is 6.92 Å². The van der Waals surface area contributed by atoms with Crippen molar-refractivity contribution in [2.45, 2.75) is 37.4 Å². The van der Waals surface area contributed by atoms with Gasteiger partial charge >= 0.3 is 0 Å². The van der Waals surface area contributed by atoms with E-state index in [-0.39, 0.29) is 6.61 Å². The van der Waals surface area contributed by atoms with Crippen LogP contribution in [0.15, 0.2) is 0 Å². The Bertz CT molecular complexity index is 146. The van der Waals surface area contributed by atoms with Crippen molar-refractivity contribution in [2.24, 2.45) is 0 Å². The van der Waals surface area contributed by atoms with Crippen LogP contribution in [0.3, 0.4) is 0 Å². The Kier molecular flexibility index (Phi) is 3.03. The molecule has 0 amide bonds. The van der Waals surface area contributed by atoms with Crippen LogP contribution in [0.2, 0.25) is 0 Å². The van der Waals surface area contributed by atoms with Crippen molar-refractivity contribution < 1.29 is 25.2 Å². The Morgan fingerprint density at radius 1 is 1.08 bits per heavy atom. The summed E-state index contributed by atoms with van der Waals surface area (Å²) in [4.78, 5) is 0. The highest BCUT2D eigenvalue weighted by molar-refractivity contribution is 4.89. The molecule has 0 aromatic carbocycles. The molecule has 2 unspecified atom stereocenters. The van der Waals surface area contributed by atoms with Gasteiger partial charge in [0, 0.05) is 0 Å². The lowest BCUT2D eigenvalue weighted by molar-refractivity contribution is -0.224. The first-order valence-corrected chi connectivity index (χ1v) is 3.88. The average molecular weight is 178 g/mol. The van der Waals surface area contributed by atoms with E-state index in [0.717, 1.165) is 0 Å². The fourth-order valence-corrected chi connectivity index (χ4v) is 1.29. The van der Waals surface area contributed by atoms with Crippen LogP contribution in [0, 0.1) is 0 Å². The third kappa shape index (κ3) is 1.60. The Balaban J connectivity index is 2.63. The fraction of sp³-hybridized carbons (Fsp3) is 1.00.